The smallest absolute Gasteiger partial charge is 0.305 e. The summed E-state index contributed by atoms with van der Waals surface area (Å²) in [6.07, 6.45) is 2.74. The Morgan fingerprint density at radius 2 is 2.21 bits per heavy atom. The number of esters is 1. The minimum absolute atomic E-state index is 0.0940. The van der Waals surface area contributed by atoms with Crippen molar-refractivity contribution >= 4 is 5.97 Å². The standard InChI is InChI=1S/C11H21NO2/c1-11(2)6-8-12(9-11)7-4-5-10(13)14-3/h4-9H2,1-3H3. The second-order valence-corrected chi connectivity index (χ2v) is 4.87. The largest absolute Gasteiger partial charge is 0.469 e. The molecule has 0 amide bonds. The molecular formula is C11H21NO2. The van der Waals surface area contributed by atoms with Crippen LogP contribution in [0.5, 0.6) is 0 Å². The quantitative estimate of drug-likeness (QED) is 0.645. The highest BCUT2D eigenvalue weighted by atomic mass is 16.5. The van der Waals surface area contributed by atoms with Gasteiger partial charge >= 0.3 is 5.97 Å². The van der Waals surface area contributed by atoms with Gasteiger partial charge < -0.3 is 9.64 Å². The fraction of sp³-hybridized carbons (Fsp3) is 0.909. The fourth-order valence-corrected chi connectivity index (χ4v) is 1.96. The lowest BCUT2D eigenvalue weighted by atomic mass is 9.93. The number of ether oxygens (including phenoxy) is 1. The highest BCUT2D eigenvalue weighted by molar-refractivity contribution is 5.69. The van der Waals surface area contributed by atoms with E-state index in [4.69, 9.17) is 0 Å². The van der Waals surface area contributed by atoms with Gasteiger partial charge in [-0.05, 0) is 31.3 Å². The molecule has 1 fully saturated rings. The maximum atomic E-state index is 10.9. The zero-order chi connectivity index (χ0) is 10.6. The highest BCUT2D eigenvalue weighted by Crippen LogP contribution is 2.28. The molecule has 0 unspecified atom stereocenters. The minimum Gasteiger partial charge on any atom is -0.469 e. The van der Waals surface area contributed by atoms with E-state index in [2.05, 4.69) is 23.5 Å². The van der Waals surface area contributed by atoms with Crippen molar-refractivity contribution in [2.45, 2.75) is 33.1 Å². The van der Waals surface area contributed by atoms with Gasteiger partial charge in [0, 0.05) is 13.0 Å². The first-order valence-corrected chi connectivity index (χ1v) is 5.33. The summed E-state index contributed by atoms with van der Waals surface area (Å²) >= 11 is 0. The van der Waals surface area contributed by atoms with Gasteiger partial charge in [0.15, 0.2) is 0 Å². The first-order valence-electron chi connectivity index (χ1n) is 5.33. The lowest BCUT2D eigenvalue weighted by Crippen LogP contribution is -2.24. The third kappa shape index (κ3) is 3.66. The Morgan fingerprint density at radius 3 is 2.71 bits per heavy atom. The number of carbonyl (C=O) groups is 1. The number of methoxy groups -OCH3 is 1. The molecule has 0 radical (unpaired) electrons. The van der Waals surface area contributed by atoms with Crippen molar-refractivity contribution in [1.82, 2.24) is 4.90 Å². The van der Waals surface area contributed by atoms with Crippen molar-refractivity contribution in [3.63, 3.8) is 0 Å². The van der Waals surface area contributed by atoms with E-state index in [1.165, 1.54) is 20.1 Å². The van der Waals surface area contributed by atoms with Gasteiger partial charge in [-0.15, -0.1) is 0 Å². The molecule has 0 N–H and O–H groups in total. The fourth-order valence-electron chi connectivity index (χ4n) is 1.96. The van der Waals surface area contributed by atoms with Crippen molar-refractivity contribution in [3.8, 4) is 0 Å². The topological polar surface area (TPSA) is 29.5 Å². The van der Waals surface area contributed by atoms with Crippen molar-refractivity contribution in [2.24, 2.45) is 5.41 Å². The van der Waals surface area contributed by atoms with Gasteiger partial charge in [-0.2, -0.15) is 0 Å². The second kappa shape index (κ2) is 4.78. The number of rotatable bonds is 4. The van der Waals surface area contributed by atoms with Crippen LogP contribution in [0, 0.1) is 5.41 Å². The Labute approximate surface area is 86.4 Å². The molecule has 0 bridgehead atoms. The van der Waals surface area contributed by atoms with Gasteiger partial charge in [0.05, 0.1) is 7.11 Å². The maximum absolute atomic E-state index is 10.9. The number of hydrogen-bond donors (Lipinski definition) is 0. The predicted octanol–water partition coefficient (Wildman–Crippen LogP) is 1.67. The summed E-state index contributed by atoms with van der Waals surface area (Å²) in [6, 6.07) is 0. The lowest BCUT2D eigenvalue weighted by Gasteiger charge is -2.19. The summed E-state index contributed by atoms with van der Waals surface area (Å²) in [5, 5.41) is 0. The summed E-state index contributed by atoms with van der Waals surface area (Å²) in [6.45, 7) is 7.96. The predicted molar refractivity (Wildman–Crippen MR) is 56.1 cm³/mol. The minimum atomic E-state index is -0.0940. The average Bonchev–Trinajstić information content (AvgIpc) is 2.45. The monoisotopic (exact) mass is 199 g/mol. The Bertz CT molecular complexity index is 201. The molecule has 1 rings (SSSR count). The molecule has 14 heavy (non-hydrogen) atoms. The molecule has 1 aliphatic rings. The third-order valence-electron chi connectivity index (χ3n) is 2.84. The number of nitrogens with zero attached hydrogens (tertiary/aromatic N) is 1. The van der Waals surface area contributed by atoms with Crippen molar-refractivity contribution in [2.75, 3.05) is 26.7 Å². The van der Waals surface area contributed by atoms with Gasteiger partial charge in [0.1, 0.15) is 0 Å². The van der Waals surface area contributed by atoms with Gasteiger partial charge in [0.2, 0.25) is 0 Å². The van der Waals surface area contributed by atoms with Gasteiger partial charge in [0.25, 0.3) is 0 Å². The van der Waals surface area contributed by atoms with Crippen LogP contribution in [-0.2, 0) is 9.53 Å². The van der Waals surface area contributed by atoms with Gasteiger partial charge in [-0.1, -0.05) is 13.8 Å². The van der Waals surface area contributed by atoms with Crippen LogP contribution >= 0.6 is 0 Å². The van der Waals surface area contributed by atoms with Gasteiger partial charge in [-0.25, -0.2) is 0 Å². The average molecular weight is 199 g/mol. The summed E-state index contributed by atoms with van der Waals surface area (Å²) in [7, 11) is 1.45. The van der Waals surface area contributed by atoms with Crippen LogP contribution in [0.3, 0.4) is 0 Å². The van der Waals surface area contributed by atoms with Crippen LogP contribution in [0.25, 0.3) is 0 Å². The number of likely N-dealkylation sites (tertiary alicyclic amines) is 1. The highest BCUT2D eigenvalue weighted by Gasteiger charge is 2.28. The van der Waals surface area contributed by atoms with Crippen LogP contribution in [0.15, 0.2) is 0 Å². The van der Waals surface area contributed by atoms with Crippen LogP contribution in [0.4, 0.5) is 0 Å². The molecule has 82 valence electrons. The van der Waals surface area contributed by atoms with E-state index < -0.39 is 0 Å². The van der Waals surface area contributed by atoms with E-state index in [9.17, 15) is 4.79 Å². The SMILES string of the molecule is COC(=O)CCCN1CCC(C)(C)C1. The molecular weight excluding hydrogens is 178 g/mol. The second-order valence-electron chi connectivity index (χ2n) is 4.87. The number of hydrogen-bond acceptors (Lipinski definition) is 3. The van der Waals surface area contributed by atoms with Gasteiger partial charge in [-0.3, -0.25) is 4.79 Å². The Morgan fingerprint density at radius 1 is 1.50 bits per heavy atom. The van der Waals surface area contributed by atoms with E-state index in [1.807, 2.05) is 0 Å². The van der Waals surface area contributed by atoms with Crippen LogP contribution < -0.4 is 0 Å². The molecule has 1 saturated heterocycles. The Kier molecular flexibility index (Phi) is 3.93. The summed E-state index contributed by atoms with van der Waals surface area (Å²) in [5.74, 6) is -0.0940. The first kappa shape index (κ1) is 11.5. The summed E-state index contributed by atoms with van der Waals surface area (Å²) < 4.78 is 4.60. The van der Waals surface area contributed by atoms with E-state index in [-0.39, 0.29) is 5.97 Å². The van der Waals surface area contributed by atoms with Crippen molar-refractivity contribution in [3.05, 3.63) is 0 Å². The normalized spacial score (nSPS) is 21.1. The number of carbonyl (C=O) groups excluding carboxylic acids is 1. The molecule has 0 aromatic rings. The van der Waals surface area contributed by atoms with Crippen LogP contribution in [0.1, 0.15) is 33.1 Å². The van der Waals surface area contributed by atoms with Crippen molar-refractivity contribution in [1.29, 1.82) is 0 Å². The molecule has 1 heterocycles. The molecule has 0 aliphatic carbocycles. The van der Waals surface area contributed by atoms with E-state index >= 15 is 0 Å². The zero-order valence-electron chi connectivity index (χ0n) is 9.51. The third-order valence-corrected chi connectivity index (χ3v) is 2.84. The maximum Gasteiger partial charge on any atom is 0.305 e. The summed E-state index contributed by atoms with van der Waals surface area (Å²) in [5.41, 5.74) is 0.464. The molecule has 1 aliphatic heterocycles. The van der Waals surface area contributed by atoms with Crippen molar-refractivity contribution < 1.29 is 9.53 Å². The zero-order valence-corrected chi connectivity index (χ0v) is 9.51. The van der Waals surface area contributed by atoms with E-state index in [1.54, 1.807) is 0 Å². The molecule has 3 heteroatoms. The molecule has 0 saturated carbocycles. The molecule has 0 spiro atoms. The molecule has 0 aromatic heterocycles. The Balaban J connectivity index is 2.12. The van der Waals surface area contributed by atoms with Crippen LogP contribution in [-0.4, -0.2) is 37.6 Å². The van der Waals surface area contributed by atoms with E-state index in [0.717, 1.165) is 19.5 Å². The molecule has 3 nitrogen and oxygen atoms in total. The Hall–Kier alpha value is -0.570. The van der Waals surface area contributed by atoms with E-state index in [0.29, 0.717) is 11.8 Å². The lowest BCUT2D eigenvalue weighted by molar-refractivity contribution is -0.140. The van der Waals surface area contributed by atoms with Crippen LogP contribution in [0.2, 0.25) is 0 Å². The summed E-state index contributed by atoms with van der Waals surface area (Å²) in [4.78, 5) is 13.3. The first-order chi connectivity index (χ1) is 6.53. The molecule has 0 aromatic carbocycles. The molecule has 0 atom stereocenters.